The summed E-state index contributed by atoms with van der Waals surface area (Å²) in [6, 6.07) is 13.9. The molecule has 0 atom stereocenters. The number of anilines is 3. The van der Waals surface area contributed by atoms with E-state index < -0.39 is 0 Å². The Kier molecular flexibility index (Phi) is 5.99. The van der Waals surface area contributed by atoms with Gasteiger partial charge < -0.3 is 20.3 Å². The van der Waals surface area contributed by atoms with Gasteiger partial charge in [0.25, 0.3) is 0 Å². The van der Waals surface area contributed by atoms with Gasteiger partial charge in [-0.05, 0) is 61.4 Å². The Hall–Kier alpha value is -3.78. The van der Waals surface area contributed by atoms with Gasteiger partial charge in [-0.2, -0.15) is 0 Å². The highest BCUT2D eigenvalue weighted by Crippen LogP contribution is 2.30. The van der Waals surface area contributed by atoms with E-state index in [-0.39, 0.29) is 0 Å². The summed E-state index contributed by atoms with van der Waals surface area (Å²) in [5, 5.41) is 6.79. The number of hydrogen-bond acceptors (Lipinski definition) is 8. The van der Waals surface area contributed by atoms with Crippen molar-refractivity contribution in [1.29, 1.82) is 0 Å². The molecule has 1 aliphatic heterocycles. The monoisotopic (exact) mass is 441 g/mol. The molecule has 0 radical (unpaired) electrons. The van der Waals surface area contributed by atoms with Gasteiger partial charge in [-0.25, -0.2) is 15.0 Å². The van der Waals surface area contributed by atoms with Gasteiger partial charge >= 0.3 is 0 Å². The molecule has 0 saturated carbocycles. The zero-order chi connectivity index (χ0) is 22.6. The molecule has 8 nitrogen and oxygen atoms in total. The Morgan fingerprint density at radius 2 is 1.91 bits per heavy atom. The molecule has 1 aromatic carbocycles. The maximum atomic E-state index is 6.03. The third kappa shape index (κ3) is 4.70. The van der Waals surface area contributed by atoms with Gasteiger partial charge in [0.2, 0.25) is 0 Å². The first-order chi connectivity index (χ1) is 16.2. The van der Waals surface area contributed by atoms with Crippen LogP contribution in [0.4, 0.5) is 17.3 Å². The summed E-state index contributed by atoms with van der Waals surface area (Å²) in [5.41, 5.74) is 4.53. The van der Waals surface area contributed by atoms with Crippen molar-refractivity contribution in [3.63, 3.8) is 0 Å². The van der Waals surface area contributed by atoms with Crippen LogP contribution in [-0.2, 0) is 6.42 Å². The summed E-state index contributed by atoms with van der Waals surface area (Å²) >= 11 is 0. The number of fused-ring (bicyclic) bond motifs is 1. The van der Waals surface area contributed by atoms with E-state index in [1.807, 2.05) is 49.4 Å². The van der Waals surface area contributed by atoms with Crippen LogP contribution in [0.15, 0.2) is 55.0 Å². The SMILES string of the molecule is CCc1ccc(Oc2ccc(Nc3ncnc4ccc(N5CCNCC5)nc34)cc2C)cn1. The van der Waals surface area contributed by atoms with Gasteiger partial charge in [0.05, 0.1) is 11.7 Å². The number of aromatic nitrogens is 4. The van der Waals surface area contributed by atoms with Crippen molar-refractivity contribution >= 4 is 28.4 Å². The van der Waals surface area contributed by atoms with Crippen LogP contribution in [0.1, 0.15) is 18.2 Å². The molecule has 1 saturated heterocycles. The van der Waals surface area contributed by atoms with E-state index in [0.717, 1.165) is 77.9 Å². The number of nitrogens with zero attached hydrogens (tertiary/aromatic N) is 5. The van der Waals surface area contributed by atoms with Gasteiger partial charge in [0.15, 0.2) is 5.82 Å². The van der Waals surface area contributed by atoms with Crippen molar-refractivity contribution in [2.75, 3.05) is 36.4 Å². The number of nitrogens with one attached hydrogen (secondary N) is 2. The first kappa shape index (κ1) is 21.1. The van der Waals surface area contributed by atoms with E-state index in [0.29, 0.717) is 5.82 Å². The lowest BCUT2D eigenvalue weighted by atomic mass is 10.2. The Morgan fingerprint density at radius 3 is 2.67 bits per heavy atom. The van der Waals surface area contributed by atoms with Crippen LogP contribution in [-0.4, -0.2) is 46.1 Å². The topological polar surface area (TPSA) is 88.1 Å². The Morgan fingerprint density at radius 1 is 1.03 bits per heavy atom. The maximum Gasteiger partial charge on any atom is 0.160 e. The van der Waals surface area contributed by atoms with Crippen LogP contribution in [0.25, 0.3) is 11.0 Å². The molecule has 4 aromatic rings. The summed E-state index contributed by atoms with van der Waals surface area (Å²) in [7, 11) is 0. The number of piperazine rings is 1. The lowest BCUT2D eigenvalue weighted by molar-refractivity contribution is 0.476. The number of hydrogen-bond donors (Lipinski definition) is 2. The molecule has 33 heavy (non-hydrogen) atoms. The molecule has 0 amide bonds. The van der Waals surface area contributed by atoms with Crippen LogP contribution >= 0.6 is 0 Å². The first-order valence-corrected chi connectivity index (χ1v) is 11.3. The number of pyridine rings is 2. The van der Waals surface area contributed by atoms with E-state index in [4.69, 9.17) is 9.72 Å². The molecular formula is C25H27N7O. The Labute approximate surface area is 193 Å². The van der Waals surface area contributed by atoms with E-state index in [1.54, 1.807) is 12.5 Å². The van der Waals surface area contributed by atoms with E-state index in [9.17, 15) is 0 Å². The van der Waals surface area contributed by atoms with Gasteiger partial charge in [-0.1, -0.05) is 6.92 Å². The molecule has 3 aromatic heterocycles. The molecule has 1 aliphatic rings. The van der Waals surface area contributed by atoms with Crippen molar-refractivity contribution in [1.82, 2.24) is 25.3 Å². The lowest BCUT2D eigenvalue weighted by Crippen LogP contribution is -2.43. The summed E-state index contributed by atoms with van der Waals surface area (Å²) in [6.45, 7) is 7.90. The van der Waals surface area contributed by atoms with Crippen LogP contribution < -0.4 is 20.3 Å². The molecule has 1 fully saturated rings. The zero-order valence-electron chi connectivity index (χ0n) is 18.9. The van der Waals surface area contributed by atoms with Gasteiger partial charge in [0.1, 0.15) is 29.2 Å². The molecule has 4 heterocycles. The predicted molar refractivity (Wildman–Crippen MR) is 131 cm³/mol. The van der Waals surface area contributed by atoms with Gasteiger partial charge in [-0.15, -0.1) is 0 Å². The Balaban J connectivity index is 1.37. The third-order valence-electron chi connectivity index (χ3n) is 5.73. The second-order valence-corrected chi connectivity index (χ2v) is 8.04. The number of benzene rings is 1. The minimum absolute atomic E-state index is 0.685. The number of ether oxygens (including phenoxy) is 1. The molecule has 8 heteroatoms. The predicted octanol–water partition coefficient (Wildman–Crippen LogP) is 4.24. The van der Waals surface area contributed by atoms with Gasteiger partial charge in [-0.3, -0.25) is 4.98 Å². The molecule has 168 valence electrons. The fraction of sp³-hybridized carbons (Fsp3) is 0.280. The molecule has 0 bridgehead atoms. The standard InChI is InChI=1S/C25H27N7O/c1-3-18-4-6-20(15-27-18)33-22-8-5-19(14-17(22)2)30-25-24-21(28-16-29-25)7-9-23(31-24)32-12-10-26-11-13-32/h4-9,14-16,26H,3,10-13H2,1-2H3,(H,28,29,30). The minimum Gasteiger partial charge on any atom is -0.455 e. The van der Waals surface area contributed by atoms with E-state index in [2.05, 4.69) is 37.4 Å². The van der Waals surface area contributed by atoms with Crippen LogP contribution in [0, 0.1) is 6.92 Å². The highest BCUT2D eigenvalue weighted by atomic mass is 16.5. The normalized spacial score (nSPS) is 13.8. The van der Waals surface area contributed by atoms with Crippen LogP contribution in [0.3, 0.4) is 0 Å². The second-order valence-electron chi connectivity index (χ2n) is 8.04. The quantitative estimate of drug-likeness (QED) is 0.459. The maximum absolute atomic E-state index is 6.03. The third-order valence-corrected chi connectivity index (χ3v) is 5.73. The van der Waals surface area contributed by atoms with Crippen molar-refractivity contribution in [3.8, 4) is 11.5 Å². The molecular weight excluding hydrogens is 414 g/mol. The van der Waals surface area contributed by atoms with Crippen molar-refractivity contribution in [2.24, 2.45) is 0 Å². The van der Waals surface area contributed by atoms with E-state index in [1.165, 1.54) is 0 Å². The Bertz CT molecular complexity index is 1250. The number of aryl methyl sites for hydroxylation is 2. The van der Waals surface area contributed by atoms with Crippen molar-refractivity contribution in [2.45, 2.75) is 20.3 Å². The summed E-state index contributed by atoms with van der Waals surface area (Å²) < 4.78 is 6.03. The summed E-state index contributed by atoms with van der Waals surface area (Å²) in [4.78, 5) is 20.4. The van der Waals surface area contributed by atoms with Crippen molar-refractivity contribution in [3.05, 3.63) is 66.2 Å². The van der Waals surface area contributed by atoms with E-state index >= 15 is 0 Å². The summed E-state index contributed by atoms with van der Waals surface area (Å²) in [5.74, 6) is 3.15. The molecule has 0 spiro atoms. The van der Waals surface area contributed by atoms with Crippen LogP contribution in [0.5, 0.6) is 11.5 Å². The fourth-order valence-corrected chi connectivity index (χ4v) is 3.88. The first-order valence-electron chi connectivity index (χ1n) is 11.3. The minimum atomic E-state index is 0.685. The van der Waals surface area contributed by atoms with Crippen molar-refractivity contribution < 1.29 is 4.74 Å². The smallest absolute Gasteiger partial charge is 0.160 e. The highest BCUT2D eigenvalue weighted by molar-refractivity contribution is 5.88. The van der Waals surface area contributed by atoms with Crippen LogP contribution in [0.2, 0.25) is 0 Å². The lowest BCUT2D eigenvalue weighted by Gasteiger charge is -2.28. The molecule has 5 rings (SSSR count). The van der Waals surface area contributed by atoms with Gasteiger partial charge in [0, 0.05) is 37.6 Å². The average Bonchev–Trinajstić information content (AvgIpc) is 2.86. The fourth-order valence-electron chi connectivity index (χ4n) is 3.88. The largest absolute Gasteiger partial charge is 0.455 e. The average molecular weight is 442 g/mol. The molecule has 0 unspecified atom stereocenters. The number of rotatable bonds is 6. The zero-order valence-corrected chi connectivity index (χ0v) is 18.9. The summed E-state index contributed by atoms with van der Waals surface area (Å²) in [6.07, 6.45) is 4.23. The molecule has 0 aliphatic carbocycles. The molecule has 2 N–H and O–H groups in total. The highest BCUT2D eigenvalue weighted by Gasteiger charge is 2.14. The second kappa shape index (κ2) is 9.38.